The first-order valence-corrected chi connectivity index (χ1v) is 6.63. The average Bonchev–Trinajstić information content (AvgIpc) is 2.91. The topological polar surface area (TPSA) is 89.1 Å². The van der Waals surface area contributed by atoms with Gasteiger partial charge in [-0.1, -0.05) is 12.1 Å². The summed E-state index contributed by atoms with van der Waals surface area (Å²) in [6, 6.07) is 7.99. The van der Waals surface area contributed by atoms with Crippen LogP contribution in [0.15, 0.2) is 24.3 Å². The number of amides is 1. The SMILES string of the molecule is COc1n[nH]c(NC(=O)CCCOc2cccc(C)c2)n1. The van der Waals surface area contributed by atoms with E-state index in [2.05, 4.69) is 20.5 Å². The summed E-state index contributed by atoms with van der Waals surface area (Å²) in [6.45, 7) is 2.49. The normalized spacial score (nSPS) is 10.2. The number of hydrogen-bond acceptors (Lipinski definition) is 5. The molecule has 0 aliphatic rings. The van der Waals surface area contributed by atoms with Crippen molar-refractivity contribution in [2.24, 2.45) is 0 Å². The standard InChI is InChI=1S/C14H18N4O3/c1-10-5-3-6-11(9-10)21-8-4-7-12(19)15-13-16-14(20-2)18-17-13/h3,5-6,9H,4,7-8H2,1-2H3,(H2,15,16,17,18,19). The number of rotatable bonds is 7. The van der Waals surface area contributed by atoms with E-state index in [0.29, 0.717) is 19.4 Å². The number of carbonyl (C=O) groups excluding carboxylic acids is 1. The number of nitrogens with zero attached hydrogens (tertiary/aromatic N) is 2. The number of aromatic amines is 1. The van der Waals surface area contributed by atoms with Crippen LogP contribution in [0.4, 0.5) is 5.95 Å². The van der Waals surface area contributed by atoms with Crippen molar-refractivity contribution in [3.63, 3.8) is 0 Å². The lowest BCUT2D eigenvalue weighted by atomic mass is 10.2. The Labute approximate surface area is 122 Å². The fourth-order valence-electron chi connectivity index (χ4n) is 1.72. The molecule has 1 heterocycles. The smallest absolute Gasteiger partial charge is 0.336 e. The third-order valence-electron chi connectivity index (χ3n) is 2.71. The van der Waals surface area contributed by atoms with Crippen LogP contribution in [-0.4, -0.2) is 34.8 Å². The van der Waals surface area contributed by atoms with E-state index in [1.165, 1.54) is 7.11 Å². The van der Waals surface area contributed by atoms with E-state index in [4.69, 9.17) is 9.47 Å². The molecule has 0 saturated heterocycles. The van der Waals surface area contributed by atoms with Crippen LogP contribution in [0.25, 0.3) is 0 Å². The second-order valence-corrected chi connectivity index (χ2v) is 4.49. The van der Waals surface area contributed by atoms with Crippen LogP contribution >= 0.6 is 0 Å². The number of aryl methyl sites for hydroxylation is 1. The van der Waals surface area contributed by atoms with Gasteiger partial charge in [-0.05, 0) is 31.0 Å². The van der Waals surface area contributed by atoms with Crippen LogP contribution in [0.5, 0.6) is 11.8 Å². The molecule has 112 valence electrons. The molecule has 0 saturated carbocycles. The minimum atomic E-state index is -0.151. The van der Waals surface area contributed by atoms with Crippen LogP contribution in [-0.2, 0) is 4.79 Å². The Hall–Kier alpha value is -2.57. The third kappa shape index (κ3) is 4.79. The highest BCUT2D eigenvalue weighted by molar-refractivity contribution is 5.88. The minimum Gasteiger partial charge on any atom is -0.494 e. The fraction of sp³-hybridized carbons (Fsp3) is 0.357. The molecule has 0 radical (unpaired) electrons. The number of carbonyl (C=O) groups is 1. The van der Waals surface area contributed by atoms with Crippen LogP contribution in [0, 0.1) is 6.92 Å². The molecular formula is C14H18N4O3. The van der Waals surface area contributed by atoms with Crippen LogP contribution < -0.4 is 14.8 Å². The lowest BCUT2D eigenvalue weighted by Gasteiger charge is -2.06. The Morgan fingerprint density at radius 2 is 2.29 bits per heavy atom. The first-order chi connectivity index (χ1) is 10.2. The van der Waals surface area contributed by atoms with Crippen molar-refractivity contribution in [1.82, 2.24) is 15.2 Å². The maximum atomic E-state index is 11.7. The quantitative estimate of drug-likeness (QED) is 0.760. The Balaban J connectivity index is 1.67. The van der Waals surface area contributed by atoms with Crippen LogP contribution in [0.2, 0.25) is 0 Å². The zero-order valence-corrected chi connectivity index (χ0v) is 12.0. The molecule has 0 aliphatic heterocycles. The van der Waals surface area contributed by atoms with Crippen molar-refractivity contribution >= 4 is 11.9 Å². The molecule has 2 N–H and O–H groups in total. The molecule has 0 atom stereocenters. The van der Waals surface area contributed by atoms with Gasteiger partial charge in [0.2, 0.25) is 11.9 Å². The molecule has 0 fully saturated rings. The molecule has 7 nitrogen and oxygen atoms in total. The van der Waals surface area contributed by atoms with Crippen molar-refractivity contribution < 1.29 is 14.3 Å². The fourth-order valence-corrected chi connectivity index (χ4v) is 1.72. The van der Waals surface area contributed by atoms with Gasteiger partial charge in [-0.25, -0.2) is 5.10 Å². The minimum absolute atomic E-state index is 0.151. The van der Waals surface area contributed by atoms with Crippen molar-refractivity contribution in [2.75, 3.05) is 19.0 Å². The van der Waals surface area contributed by atoms with Gasteiger partial charge in [-0.3, -0.25) is 10.1 Å². The van der Waals surface area contributed by atoms with E-state index in [9.17, 15) is 4.79 Å². The summed E-state index contributed by atoms with van der Waals surface area (Å²) in [6.07, 6.45) is 0.958. The second-order valence-electron chi connectivity index (χ2n) is 4.49. The van der Waals surface area contributed by atoms with E-state index in [1.807, 2.05) is 31.2 Å². The van der Waals surface area contributed by atoms with Gasteiger partial charge < -0.3 is 9.47 Å². The molecule has 1 aromatic heterocycles. The number of H-pyrrole nitrogens is 1. The maximum Gasteiger partial charge on any atom is 0.336 e. The predicted octanol–water partition coefficient (Wildman–Crippen LogP) is 1.92. The van der Waals surface area contributed by atoms with Crippen LogP contribution in [0.3, 0.4) is 0 Å². The van der Waals surface area contributed by atoms with Gasteiger partial charge in [0.25, 0.3) is 0 Å². The summed E-state index contributed by atoms with van der Waals surface area (Å²) in [7, 11) is 1.46. The van der Waals surface area contributed by atoms with E-state index >= 15 is 0 Å². The van der Waals surface area contributed by atoms with Crippen molar-refractivity contribution in [1.29, 1.82) is 0 Å². The second kappa shape index (κ2) is 7.28. The number of anilines is 1. The number of aromatic nitrogens is 3. The monoisotopic (exact) mass is 290 g/mol. The zero-order valence-electron chi connectivity index (χ0n) is 12.0. The number of nitrogens with one attached hydrogen (secondary N) is 2. The molecule has 21 heavy (non-hydrogen) atoms. The molecule has 0 aliphatic carbocycles. The van der Waals surface area contributed by atoms with E-state index < -0.39 is 0 Å². The van der Waals surface area contributed by atoms with Gasteiger partial charge in [0.05, 0.1) is 13.7 Å². The van der Waals surface area contributed by atoms with Crippen LogP contribution in [0.1, 0.15) is 18.4 Å². The number of ether oxygens (including phenoxy) is 2. The highest BCUT2D eigenvalue weighted by atomic mass is 16.5. The Morgan fingerprint density at radius 1 is 1.43 bits per heavy atom. The Bertz CT molecular complexity index is 597. The average molecular weight is 290 g/mol. The van der Waals surface area contributed by atoms with Gasteiger partial charge in [-0.15, -0.1) is 5.10 Å². The van der Waals surface area contributed by atoms with Gasteiger partial charge in [0.1, 0.15) is 5.75 Å². The molecule has 0 bridgehead atoms. The highest BCUT2D eigenvalue weighted by Crippen LogP contribution is 2.13. The lowest BCUT2D eigenvalue weighted by Crippen LogP contribution is -2.13. The van der Waals surface area contributed by atoms with Gasteiger partial charge >= 0.3 is 6.01 Å². The molecule has 0 unspecified atom stereocenters. The Kier molecular flexibility index (Phi) is 5.14. The molecule has 0 spiro atoms. The zero-order chi connectivity index (χ0) is 15.1. The first kappa shape index (κ1) is 14.8. The lowest BCUT2D eigenvalue weighted by molar-refractivity contribution is -0.116. The van der Waals surface area contributed by atoms with Crippen molar-refractivity contribution in [3.05, 3.63) is 29.8 Å². The summed E-state index contributed by atoms with van der Waals surface area (Å²) in [4.78, 5) is 15.6. The molecule has 1 amide bonds. The number of hydrogen-bond donors (Lipinski definition) is 2. The van der Waals surface area contributed by atoms with E-state index in [-0.39, 0.29) is 17.9 Å². The molecule has 7 heteroatoms. The number of methoxy groups -OCH3 is 1. The summed E-state index contributed by atoms with van der Waals surface area (Å²) in [5, 5.41) is 8.90. The molecule has 2 aromatic rings. The highest BCUT2D eigenvalue weighted by Gasteiger charge is 2.07. The van der Waals surface area contributed by atoms with Gasteiger partial charge in [0, 0.05) is 6.42 Å². The maximum absolute atomic E-state index is 11.7. The van der Waals surface area contributed by atoms with E-state index in [0.717, 1.165) is 11.3 Å². The van der Waals surface area contributed by atoms with Crippen molar-refractivity contribution in [3.8, 4) is 11.8 Å². The van der Waals surface area contributed by atoms with Crippen molar-refractivity contribution in [2.45, 2.75) is 19.8 Å². The first-order valence-electron chi connectivity index (χ1n) is 6.63. The third-order valence-corrected chi connectivity index (χ3v) is 2.71. The summed E-state index contributed by atoms with van der Waals surface area (Å²) in [5.74, 6) is 0.938. The summed E-state index contributed by atoms with van der Waals surface area (Å²) < 4.78 is 10.4. The number of benzene rings is 1. The summed E-state index contributed by atoms with van der Waals surface area (Å²) >= 11 is 0. The molecular weight excluding hydrogens is 272 g/mol. The van der Waals surface area contributed by atoms with Gasteiger partial charge in [-0.2, -0.15) is 4.98 Å². The molecule has 1 aromatic carbocycles. The van der Waals surface area contributed by atoms with Gasteiger partial charge in [0.15, 0.2) is 0 Å². The van der Waals surface area contributed by atoms with E-state index in [1.54, 1.807) is 0 Å². The largest absolute Gasteiger partial charge is 0.494 e. The summed E-state index contributed by atoms with van der Waals surface area (Å²) in [5.41, 5.74) is 1.14. The predicted molar refractivity (Wildman–Crippen MR) is 77.5 cm³/mol. The molecule has 2 rings (SSSR count). The Morgan fingerprint density at radius 3 is 3.00 bits per heavy atom.